The van der Waals surface area contributed by atoms with Crippen molar-refractivity contribution in [2.75, 3.05) is 17.2 Å². The maximum atomic E-state index is 12.2. The molecule has 0 aliphatic carbocycles. The topological polar surface area (TPSA) is 62.6 Å². The Morgan fingerprint density at radius 3 is 2.83 bits per heavy atom. The van der Waals surface area contributed by atoms with E-state index in [1.54, 1.807) is 18.0 Å². The molecule has 0 bridgehead atoms. The lowest BCUT2D eigenvalue weighted by Gasteiger charge is -2.35. The average Bonchev–Trinajstić information content (AvgIpc) is 3.00. The van der Waals surface area contributed by atoms with Gasteiger partial charge in [-0.3, -0.25) is 14.9 Å². The third-order valence-electron chi connectivity index (χ3n) is 4.24. The highest BCUT2D eigenvalue weighted by Gasteiger charge is 2.36. The van der Waals surface area contributed by atoms with Gasteiger partial charge in [0.15, 0.2) is 0 Å². The summed E-state index contributed by atoms with van der Waals surface area (Å²) in [6, 6.07) is 9.76. The van der Waals surface area contributed by atoms with E-state index in [-0.39, 0.29) is 17.9 Å². The lowest BCUT2D eigenvalue weighted by molar-refractivity contribution is -0.134. The molecule has 5 nitrogen and oxygen atoms in total. The standard InChI is InChI=1S/C17H16N2O3S/c20-14-7-6-13(16(21)18-14)19-8-9-23-15-12(10-22-17(15)19)11-4-2-1-3-5-11/h1-5,10,13H,6-9H2,(H,18,20,21). The first-order valence-electron chi connectivity index (χ1n) is 7.64. The van der Waals surface area contributed by atoms with E-state index in [2.05, 4.69) is 17.4 Å². The van der Waals surface area contributed by atoms with Crippen LogP contribution in [-0.2, 0) is 9.59 Å². The minimum absolute atomic E-state index is 0.192. The molecular weight excluding hydrogens is 312 g/mol. The van der Waals surface area contributed by atoms with Crippen LogP contribution in [0.25, 0.3) is 11.1 Å². The maximum Gasteiger partial charge on any atom is 0.249 e. The molecule has 1 N–H and O–H groups in total. The van der Waals surface area contributed by atoms with Gasteiger partial charge in [0.1, 0.15) is 12.3 Å². The van der Waals surface area contributed by atoms with Gasteiger partial charge in [-0.1, -0.05) is 30.3 Å². The number of fused-ring (bicyclic) bond motifs is 1. The van der Waals surface area contributed by atoms with Crippen LogP contribution in [-0.4, -0.2) is 30.2 Å². The summed E-state index contributed by atoms with van der Waals surface area (Å²) in [5.74, 6) is 1.22. The molecule has 0 saturated carbocycles. The molecule has 1 fully saturated rings. The smallest absolute Gasteiger partial charge is 0.249 e. The number of furan rings is 1. The fourth-order valence-electron chi connectivity index (χ4n) is 3.12. The second-order valence-electron chi connectivity index (χ2n) is 5.66. The molecule has 4 rings (SSSR count). The number of thioether (sulfide) groups is 1. The van der Waals surface area contributed by atoms with Crippen molar-refractivity contribution < 1.29 is 14.0 Å². The predicted molar refractivity (Wildman–Crippen MR) is 88.4 cm³/mol. The van der Waals surface area contributed by atoms with Crippen LogP contribution in [0.5, 0.6) is 0 Å². The molecule has 1 saturated heterocycles. The van der Waals surface area contributed by atoms with Gasteiger partial charge in [-0.25, -0.2) is 0 Å². The number of amides is 2. The summed E-state index contributed by atoms with van der Waals surface area (Å²) in [4.78, 5) is 26.6. The molecule has 1 aromatic carbocycles. The van der Waals surface area contributed by atoms with Gasteiger partial charge in [0.2, 0.25) is 17.7 Å². The van der Waals surface area contributed by atoms with Crippen molar-refractivity contribution in [1.82, 2.24) is 5.32 Å². The summed E-state index contributed by atoms with van der Waals surface area (Å²) in [7, 11) is 0. The maximum absolute atomic E-state index is 12.2. The Labute approximate surface area is 138 Å². The van der Waals surface area contributed by atoms with Gasteiger partial charge in [-0.2, -0.15) is 0 Å². The quantitative estimate of drug-likeness (QED) is 0.859. The molecular formula is C17H16N2O3S. The van der Waals surface area contributed by atoms with Crippen LogP contribution in [0.15, 0.2) is 45.9 Å². The normalized spacial score (nSPS) is 21.0. The number of hydrogen-bond donors (Lipinski definition) is 1. The highest BCUT2D eigenvalue weighted by atomic mass is 32.2. The van der Waals surface area contributed by atoms with E-state index in [0.29, 0.717) is 12.8 Å². The molecule has 2 aliphatic heterocycles. The molecule has 2 aliphatic rings. The van der Waals surface area contributed by atoms with Gasteiger partial charge in [-0.05, 0) is 12.0 Å². The Kier molecular flexibility index (Phi) is 3.61. The summed E-state index contributed by atoms with van der Waals surface area (Å²) < 4.78 is 5.82. The Morgan fingerprint density at radius 1 is 1.22 bits per heavy atom. The van der Waals surface area contributed by atoms with Crippen LogP contribution in [0, 0.1) is 0 Å². The number of benzene rings is 1. The molecule has 2 aromatic rings. The Bertz CT molecular complexity index is 756. The molecule has 1 unspecified atom stereocenters. The Morgan fingerprint density at radius 2 is 2.04 bits per heavy atom. The van der Waals surface area contributed by atoms with E-state index in [1.165, 1.54) is 0 Å². The molecule has 1 atom stereocenters. The highest BCUT2D eigenvalue weighted by molar-refractivity contribution is 7.99. The first kappa shape index (κ1) is 14.4. The minimum atomic E-state index is -0.331. The average molecular weight is 328 g/mol. The van der Waals surface area contributed by atoms with Crippen molar-refractivity contribution in [3.63, 3.8) is 0 Å². The molecule has 2 amide bonds. The van der Waals surface area contributed by atoms with Gasteiger partial charge in [0, 0.05) is 24.3 Å². The largest absolute Gasteiger partial charge is 0.447 e. The van der Waals surface area contributed by atoms with Crippen LogP contribution in [0.4, 0.5) is 5.88 Å². The fourth-order valence-corrected chi connectivity index (χ4v) is 4.22. The first-order chi connectivity index (χ1) is 11.2. The van der Waals surface area contributed by atoms with Gasteiger partial charge in [0.05, 0.1) is 4.90 Å². The number of rotatable bonds is 2. The lowest BCUT2D eigenvalue weighted by Crippen LogP contribution is -2.53. The van der Waals surface area contributed by atoms with Gasteiger partial charge in [-0.15, -0.1) is 11.8 Å². The van der Waals surface area contributed by atoms with Crippen molar-refractivity contribution in [3.8, 4) is 11.1 Å². The Balaban J connectivity index is 1.69. The molecule has 0 spiro atoms. The second kappa shape index (κ2) is 5.77. The Hall–Kier alpha value is -2.21. The highest BCUT2D eigenvalue weighted by Crippen LogP contribution is 2.44. The zero-order valence-electron chi connectivity index (χ0n) is 12.5. The van der Waals surface area contributed by atoms with Crippen LogP contribution in [0.2, 0.25) is 0 Å². The van der Waals surface area contributed by atoms with Crippen molar-refractivity contribution in [1.29, 1.82) is 0 Å². The number of carbonyl (C=O) groups is 2. The molecule has 3 heterocycles. The number of imide groups is 1. The fraction of sp³-hybridized carbons (Fsp3) is 0.294. The number of anilines is 1. The summed E-state index contributed by atoms with van der Waals surface area (Å²) in [6.07, 6.45) is 2.68. The summed E-state index contributed by atoms with van der Waals surface area (Å²) in [5.41, 5.74) is 2.16. The van der Waals surface area contributed by atoms with Gasteiger partial charge >= 0.3 is 0 Å². The number of hydrogen-bond acceptors (Lipinski definition) is 5. The third-order valence-corrected chi connectivity index (χ3v) is 5.31. The summed E-state index contributed by atoms with van der Waals surface area (Å²) >= 11 is 1.75. The van der Waals surface area contributed by atoms with Gasteiger partial charge in [0.25, 0.3) is 0 Å². The lowest BCUT2D eigenvalue weighted by atomic mass is 10.0. The van der Waals surface area contributed by atoms with Crippen LogP contribution >= 0.6 is 11.8 Å². The number of piperidine rings is 1. The van der Waals surface area contributed by atoms with Crippen molar-refractivity contribution in [3.05, 3.63) is 36.6 Å². The monoisotopic (exact) mass is 328 g/mol. The zero-order valence-corrected chi connectivity index (χ0v) is 13.3. The van der Waals surface area contributed by atoms with E-state index >= 15 is 0 Å². The summed E-state index contributed by atoms with van der Waals surface area (Å²) in [6.45, 7) is 0.742. The predicted octanol–water partition coefficient (Wildman–Crippen LogP) is 2.66. The van der Waals surface area contributed by atoms with E-state index in [0.717, 1.165) is 34.2 Å². The van der Waals surface area contributed by atoms with Crippen molar-refractivity contribution >= 4 is 29.5 Å². The van der Waals surface area contributed by atoms with Gasteiger partial charge < -0.3 is 9.32 Å². The third kappa shape index (κ3) is 2.53. The number of carbonyl (C=O) groups excluding carboxylic acids is 2. The van der Waals surface area contributed by atoms with Crippen LogP contribution < -0.4 is 10.2 Å². The minimum Gasteiger partial charge on any atom is -0.447 e. The molecule has 0 radical (unpaired) electrons. The van der Waals surface area contributed by atoms with E-state index in [9.17, 15) is 9.59 Å². The summed E-state index contributed by atoms with van der Waals surface area (Å²) in [5, 5.41) is 2.43. The number of nitrogens with one attached hydrogen (secondary N) is 1. The van der Waals surface area contributed by atoms with Crippen molar-refractivity contribution in [2.45, 2.75) is 23.8 Å². The second-order valence-corrected chi connectivity index (χ2v) is 6.76. The molecule has 1 aromatic heterocycles. The zero-order chi connectivity index (χ0) is 15.8. The van der Waals surface area contributed by atoms with Crippen molar-refractivity contribution in [2.24, 2.45) is 0 Å². The van der Waals surface area contributed by atoms with Crippen LogP contribution in [0.3, 0.4) is 0 Å². The molecule has 6 heteroatoms. The van der Waals surface area contributed by atoms with Crippen LogP contribution in [0.1, 0.15) is 12.8 Å². The number of nitrogens with zero attached hydrogens (tertiary/aromatic N) is 1. The van der Waals surface area contributed by atoms with E-state index < -0.39 is 0 Å². The molecule has 118 valence electrons. The van der Waals surface area contributed by atoms with E-state index in [1.807, 2.05) is 23.1 Å². The first-order valence-corrected chi connectivity index (χ1v) is 8.62. The van der Waals surface area contributed by atoms with E-state index in [4.69, 9.17) is 4.42 Å². The molecule has 23 heavy (non-hydrogen) atoms. The SMILES string of the molecule is O=C1CCC(N2CCSc3c(-c4ccccc4)coc32)C(=O)N1.